The molecule has 7 aromatic rings. The molecule has 38 heavy (non-hydrogen) atoms. The van der Waals surface area contributed by atoms with Crippen molar-refractivity contribution in [2.75, 3.05) is 0 Å². The van der Waals surface area contributed by atoms with E-state index in [4.69, 9.17) is 0 Å². The van der Waals surface area contributed by atoms with Crippen molar-refractivity contribution in [3.05, 3.63) is 145 Å². The Morgan fingerprint density at radius 1 is 0.395 bits per heavy atom. The quantitative estimate of drug-likeness (QED) is 0.213. The van der Waals surface area contributed by atoms with Crippen molar-refractivity contribution in [3.8, 4) is 22.3 Å². The number of benzene rings is 7. The predicted octanol–water partition coefficient (Wildman–Crippen LogP) is 10.5. The average Bonchev–Trinajstić information content (AvgIpc) is 2.99. The van der Waals surface area contributed by atoms with Gasteiger partial charge in [0.05, 0.1) is 0 Å². The van der Waals surface area contributed by atoms with E-state index in [-0.39, 0.29) is 0 Å². The van der Waals surface area contributed by atoms with Crippen molar-refractivity contribution in [1.82, 2.24) is 0 Å². The number of fused-ring (bicyclic) bond motifs is 8. The van der Waals surface area contributed by atoms with Crippen LogP contribution in [0.4, 0.5) is 0 Å². The van der Waals surface area contributed by atoms with Gasteiger partial charge < -0.3 is 0 Å². The maximum atomic E-state index is 2.38. The van der Waals surface area contributed by atoms with E-state index in [0.717, 1.165) is 6.42 Å². The molecule has 0 amide bonds. The molecule has 0 N–H and O–H groups in total. The Morgan fingerprint density at radius 3 is 1.76 bits per heavy atom. The van der Waals surface area contributed by atoms with Crippen LogP contribution in [0.2, 0.25) is 0 Å². The molecule has 0 spiro atoms. The Bertz CT molecular complexity index is 2000. The molecule has 0 aromatic heterocycles. The lowest BCUT2D eigenvalue weighted by molar-refractivity contribution is 1.06. The number of rotatable bonds is 2. The van der Waals surface area contributed by atoms with E-state index < -0.39 is 0 Å². The summed E-state index contributed by atoms with van der Waals surface area (Å²) < 4.78 is 0. The third kappa shape index (κ3) is 3.40. The van der Waals surface area contributed by atoms with Crippen molar-refractivity contribution >= 4 is 44.1 Å². The van der Waals surface area contributed by atoms with Crippen LogP contribution in [0, 0.1) is 0 Å². The van der Waals surface area contributed by atoms with E-state index in [1.807, 2.05) is 11.8 Å². The van der Waals surface area contributed by atoms with E-state index in [1.54, 1.807) is 0 Å². The molecule has 178 valence electrons. The summed E-state index contributed by atoms with van der Waals surface area (Å²) in [6, 6.07) is 49.2. The fourth-order valence-corrected chi connectivity index (χ4v) is 7.29. The van der Waals surface area contributed by atoms with Crippen LogP contribution in [0.3, 0.4) is 0 Å². The summed E-state index contributed by atoms with van der Waals surface area (Å²) in [4.78, 5) is 2.76. The highest BCUT2D eigenvalue weighted by Crippen LogP contribution is 2.45. The summed E-state index contributed by atoms with van der Waals surface area (Å²) in [6.45, 7) is 0. The van der Waals surface area contributed by atoms with Gasteiger partial charge >= 0.3 is 0 Å². The second-order valence-electron chi connectivity index (χ2n) is 10.1. The summed E-state index contributed by atoms with van der Waals surface area (Å²) in [5, 5.41) is 7.88. The van der Waals surface area contributed by atoms with Crippen LogP contribution >= 0.6 is 11.8 Å². The molecule has 0 unspecified atom stereocenters. The van der Waals surface area contributed by atoms with E-state index in [2.05, 4.69) is 133 Å². The number of hydrogen-bond acceptors (Lipinski definition) is 1. The van der Waals surface area contributed by atoms with Crippen LogP contribution in [0.1, 0.15) is 11.1 Å². The predicted molar refractivity (Wildman–Crippen MR) is 163 cm³/mol. The maximum Gasteiger partial charge on any atom is 0.0236 e. The lowest BCUT2D eigenvalue weighted by Crippen LogP contribution is -2.00. The van der Waals surface area contributed by atoms with Gasteiger partial charge in [-0.15, -0.1) is 0 Å². The van der Waals surface area contributed by atoms with E-state index in [0.29, 0.717) is 0 Å². The molecule has 1 heterocycles. The lowest BCUT2D eigenvalue weighted by Gasteiger charge is -2.22. The normalized spacial score (nSPS) is 12.5. The van der Waals surface area contributed by atoms with E-state index in [1.165, 1.54) is 75.5 Å². The summed E-state index contributed by atoms with van der Waals surface area (Å²) >= 11 is 1.91. The van der Waals surface area contributed by atoms with Crippen molar-refractivity contribution in [2.24, 2.45) is 0 Å². The van der Waals surface area contributed by atoms with E-state index in [9.17, 15) is 0 Å². The highest BCUT2D eigenvalue weighted by Gasteiger charge is 2.19. The first-order chi connectivity index (χ1) is 18.8. The van der Waals surface area contributed by atoms with Crippen LogP contribution in [0.25, 0.3) is 54.6 Å². The molecule has 0 bridgehead atoms. The second-order valence-corrected chi connectivity index (χ2v) is 11.2. The monoisotopic (exact) mass is 500 g/mol. The molecule has 0 aliphatic carbocycles. The fourth-order valence-electron chi connectivity index (χ4n) is 6.09. The molecule has 1 aliphatic rings. The summed E-state index contributed by atoms with van der Waals surface area (Å²) in [5.74, 6) is 0. The smallest absolute Gasteiger partial charge is 0.0236 e. The van der Waals surface area contributed by atoms with Gasteiger partial charge in [-0.1, -0.05) is 127 Å². The zero-order chi connectivity index (χ0) is 25.1. The third-order valence-corrected chi connectivity index (χ3v) is 9.22. The first-order valence-electron chi connectivity index (χ1n) is 13.2. The van der Waals surface area contributed by atoms with Crippen molar-refractivity contribution in [3.63, 3.8) is 0 Å². The topological polar surface area (TPSA) is 0 Å². The fraction of sp³-hybridized carbons (Fsp3) is 0.0270. The Hall–Kier alpha value is -4.33. The zero-order valence-corrected chi connectivity index (χ0v) is 21.6. The van der Waals surface area contributed by atoms with Crippen LogP contribution in [-0.4, -0.2) is 0 Å². The Morgan fingerprint density at radius 2 is 0.974 bits per heavy atom. The molecule has 0 atom stereocenters. The molecular formula is C37H24S. The minimum absolute atomic E-state index is 0.998. The van der Waals surface area contributed by atoms with Gasteiger partial charge in [0, 0.05) is 9.79 Å². The maximum absolute atomic E-state index is 2.38. The number of hydrogen-bond donors (Lipinski definition) is 0. The molecule has 0 radical (unpaired) electrons. The van der Waals surface area contributed by atoms with Gasteiger partial charge in [0.25, 0.3) is 0 Å². The van der Waals surface area contributed by atoms with Crippen molar-refractivity contribution in [1.29, 1.82) is 0 Å². The van der Waals surface area contributed by atoms with Gasteiger partial charge in [-0.25, -0.2) is 0 Å². The molecule has 1 aliphatic heterocycles. The van der Waals surface area contributed by atoms with Gasteiger partial charge in [-0.2, -0.15) is 0 Å². The molecular weight excluding hydrogens is 476 g/mol. The first-order valence-corrected chi connectivity index (χ1v) is 14.0. The van der Waals surface area contributed by atoms with Crippen molar-refractivity contribution in [2.45, 2.75) is 16.2 Å². The minimum atomic E-state index is 0.998. The molecule has 0 nitrogen and oxygen atoms in total. The highest BCUT2D eigenvalue weighted by atomic mass is 32.2. The molecule has 0 saturated carbocycles. The van der Waals surface area contributed by atoms with Gasteiger partial charge in [-0.3, -0.25) is 0 Å². The Balaban J connectivity index is 1.28. The van der Waals surface area contributed by atoms with Crippen LogP contribution < -0.4 is 0 Å². The van der Waals surface area contributed by atoms with Gasteiger partial charge in [0.15, 0.2) is 0 Å². The van der Waals surface area contributed by atoms with Crippen molar-refractivity contribution < 1.29 is 0 Å². The Kier molecular flexibility index (Phi) is 4.93. The SMILES string of the molecule is c1cc(-c2ccc3c4ccccc4c4ccccc4c3c2)cc(-c2cccc3c2Sc2ccccc2C3)c1. The van der Waals surface area contributed by atoms with Gasteiger partial charge in [0.2, 0.25) is 0 Å². The summed E-state index contributed by atoms with van der Waals surface area (Å²) in [7, 11) is 0. The molecule has 1 heteroatoms. The Labute approximate surface area is 226 Å². The largest absolute Gasteiger partial charge is 0.0888 e. The van der Waals surface area contributed by atoms with Crippen LogP contribution in [0.15, 0.2) is 143 Å². The first kappa shape index (κ1) is 21.7. The average molecular weight is 501 g/mol. The lowest BCUT2D eigenvalue weighted by atomic mass is 9.91. The second kappa shape index (κ2) is 8.62. The molecule has 0 saturated heterocycles. The summed E-state index contributed by atoms with van der Waals surface area (Å²) in [6.07, 6.45) is 0.998. The van der Waals surface area contributed by atoms with Gasteiger partial charge in [-0.05, 0) is 90.3 Å². The molecule has 0 fully saturated rings. The zero-order valence-electron chi connectivity index (χ0n) is 20.8. The molecule has 7 aromatic carbocycles. The minimum Gasteiger partial charge on any atom is -0.0888 e. The summed E-state index contributed by atoms with van der Waals surface area (Å²) in [5.41, 5.74) is 7.94. The van der Waals surface area contributed by atoms with E-state index >= 15 is 0 Å². The third-order valence-electron chi connectivity index (χ3n) is 7.91. The van der Waals surface area contributed by atoms with Crippen LogP contribution in [-0.2, 0) is 6.42 Å². The van der Waals surface area contributed by atoms with Gasteiger partial charge in [0.1, 0.15) is 0 Å². The highest BCUT2D eigenvalue weighted by molar-refractivity contribution is 7.99. The standard InChI is InChI=1S/C37H24S/c1-6-18-36-27(9-1)22-28-12-8-17-29(37(28)38-36)26-11-7-10-24(21-26)25-19-20-34-32-15-3-2-13-30(32)31-14-4-5-16-33(31)35(34)23-25/h1-21,23H,22H2. The molecule has 8 rings (SSSR count). The van der Waals surface area contributed by atoms with Crippen LogP contribution in [0.5, 0.6) is 0 Å².